The van der Waals surface area contributed by atoms with Crippen LogP contribution in [0.25, 0.3) is 0 Å². The van der Waals surface area contributed by atoms with Crippen molar-refractivity contribution in [3.05, 3.63) is 29.8 Å². The van der Waals surface area contributed by atoms with Gasteiger partial charge < -0.3 is 16.0 Å². The molecular formula is C19H33N5O3S. The molecule has 0 heterocycles. The molecule has 9 heteroatoms. The highest BCUT2D eigenvalue weighted by molar-refractivity contribution is 7.89. The van der Waals surface area contributed by atoms with E-state index in [9.17, 15) is 13.2 Å². The molecule has 1 aromatic rings. The summed E-state index contributed by atoms with van der Waals surface area (Å²) in [7, 11) is -0.302. The van der Waals surface area contributed by atoms with E-state index in [2.05, 4.69) is 20.9 Å². The average Bonchev–Trinajstić information content (AvgIpc) is 2.60. The van der Waals surface area contributed by atoms with Crippen LogP contribution in [0.5, 0.6) is 0 Å². The maximum atomic E-state index is 12.5. The van der Waals surface area contributed by atoms with Crippen molar-refractivity contribution in [2.24, 2.45) is 4.99 Å². The van der Waals surface area contributed by atoms with Gasteiger partial charge in [-0.2, -0.15) is 4.31 Å². The first-order valence-corrected chi connectivity index (χ1v) is 10.6. The Hall–Kier alpha value is -2.13. The van der Waals surface area contributed by atoms with Gasteiger partial charge in [-0.15, -0.1) is 0 Å². The van der Waals surface area contributed by atoms with E-state index in [4.69, 9.17) is 0 Å². The zero-order valence-corrected chi connectivity index (χ0v) is 18.6. The van der Waals surface area contributed by atoms with Gasteiger partial charge in [-0.05, 0) is 52.3 Å². The Balaban J connectivity index is 2.64. The first-order valence-electron chi connectivity index (χ1n) is 9.19. The van der Waals surface area contributed by atoms with Gasteiger partial charge in [0.1, 0.15) is 0 Å². The first kappa shape index (κ1) is 23.9. The second-order valence-electron chi connectivity index (χ2n) is 7.84. The summed E-state index contributed by atoms with van der Waals surface area (Å²) >= 11 is 0. The van der Waals surface area contributed by atoms with Crippen molar-refractivity contribution in [1.82, 2.24) is 20.3 Å². The van der Waals surface area contributed by atoms with Crippen LogP contribution >= 0.6 is 0 Å². The molecule has 1 rings (SSSR count). The van der Waals surface area contributed by atoms with Gasteiger partial charge in [-0.25, -0.2) is 8.42 Å². The minimum atomic E-state index is -3.49. The van der Waals surface area contributed by atoms with Crippen LogP contribution < -0.4 is 16.0 Å². The van der Waals surface area contributed by atoms with Crippen LogP contribution in [-0.4, -0.2) is 56.8 Å². The van der Waals surface area contributed by atoms with Gasteiger partial charge in [0.05, 0.1) is 11.4 Å². The van der Waals surface area contributed by atoms with Crippen LogP contribution in [-0.2, 0) is 21.4 Å². The number of rotatable bonds is 7. The van der Waals surface area contributed by atoms with Crippen molar-refractivity contribution in [3.63, 3.8) is 0 Å². The lowest BCUT2D eigenvalue weighted by Crippen LogP contribution is -2.48. The molecule has 0 fully saturated rings. The van der Waals surface area contributed by atoms with Crippen molar-refractivity contribution >= 4 is 21.9 Å². The third kappa shape index (κ3) is 7.47. The van der Waals surface area contributed by atoms with Gasteiger partial charge in [0.15, 0.2) is 5.96 Å². The van der Waals surface area contributed by atoms with E-state index in [1.807, 2.05) is 34.6 Å². The minimum Gasteiger partial charge on any atom is -0.352 e. The molecule has 0 aliphatic carbocycles. The Bertz CT molecular complexity index is 781. The van der Waals surface area contributed by atoms with E-state index >= 15 is 0 Å². The standard InChI is InChI=1S/C19H33N5O3S/c1-14(2)24(7)28(26,27)16-10-8-15(9-11-16)12-21-18(20-6)22-13-17(25)23-19(3,4)5/h8-11,14H,12-13H2,1-7H3,(H,23,25)(H2,20,21,22). The largest absolute Gasteiger partial charge is 0.352 e. The van der Waals surface area contributed by atoms with Crippen LogP contribution in [0, 0.1) is 0 Å². The molecule has 8 nitrogen and oxygen atoms in total. The van der Waals surface area contributed by atoms with Gasteiger partial charge >= 0.3 is 0 Å². The Kier molecular flexibility index (Phi) is 8.44. The molecule has 0 spiro atoms. The van der Waals surface area contributed by atoms with Crippen molar-refractivity contribution in [3.8, 4) is 0 Å². The van der Waals surface area contributed by atoms with Crippen molar-refractivity contribution < 1.29 is 13.2 Å². The second kappa shape index (κ2) is 9.88. The van der Waals surface area contributed by atoms with Crippen LogP contribution in [0.4, 0.5) is 0 Å². The summed E-state index contributed by atoms with van der Waals surface area (Å²) in [5.74, 6) is 0.361. The molecule has 0 saturated carbocycles. The molecule has 1 amide bonds. The topological polar surface area (TPSA) is 103 Å². The van der Waals surface area contributed by atoms with E-state index in [0.717, 1.165) is 5.56 Å². The molecule has 1 aromatic carbocycles. The molecule has 0 unspecified atom stereocenters. The Labute approximate surface area is 168 Å². The van der Waals surface area contributed by atoms with E-state index < -0.39 is 10.0 Å². The fourth-order valence-electron chi connectivity index (χ4n) is 2.26. The minimum absolute atomic E-state index is 0.107. The third-order valence-electron chi connectivity index (χ3n) is 3.94. The number of hydrogen-bond acceptors (Lipinski definition) is 4. The highest BCUT2D eigenvalue weighted by Crippen LogP contribution is 2.17. The SMILES string of the molecule is CN=C(NCC(=O)NC(C)(C)C)NCc1ccc(S(=O)(=O)N(C)C(C)C)cc1. The third-order valence-corrected chi connectivity index (χ3v) is 5.99. The van der Waals surface area contributed by atoms with E-state index in [1.54, 1.807) is 38.4 Å². The molecule has 0 aromatic heterocycles. The highest BCUT2D eigenvalue weighted by atomic mass is 32.2. The van der Waals surface area contributed by atoms with E-state index in [1.165, 1.54) is 4.31 Å². The van der Waals surface area contributed by atoms with Gasteiger partial charge in [0.25, 0.3) is 0 Å². The summed E-state index contributed by atoms with van der Waals surface area (Å²) < 4.78 is 26.3. The monoisotopic (exact) mass is 411 g/mol. The number of benzene rings is 1. The number of guanidine groups is 1. The molecular weight excluding hydrogens is 378 g/mol. The van der Waals surface area contributed by atoms with E-state index in [-0.39, 0.29) is 28.9 Å². The van der Waals surface area contributed by atoms with Crippen LogP contribution in [0.2, 0.25) is 0 Å². The Morgan fingerprint density at radius 3 is 2.18 bits per heavy atom. The molecule has 28 heavy (non-hydrogen) atoms. The number of hydrogen-bond donors (Lipinski definition) is 3. The number of aliphatic imine (C=N–C) groups is 1. The summed E-state index contributed by atoms with van der Waals surface area (Å²) in [4.78, 5) is 16.2. The zero-order valence-electron chi connectivity index (χ0n) is 17.8. The van der Waals surface area contributed by atoms with Crippen LogP contribution in [0.3, 0.4) is 0 Å². The molecule has 0 radical (unpaired) electrons. The second-order valence-corrected chi connectivity index (χ2v) is 9.83. The Morgan fingerprint density at radius 2 is 1.71 bits per heavy atom. The average molecular weight is 412 g/mol. The maximum absolute atomic E-state index is 12.5. The molecule has 0 aliphatic heterocycles. The quantitative estimate of drug-likeness (QED) is 0.463. The molecule has 0 saturated heterocycles. The lowest BCUT2D eigenvalue weighted by Gasteiger charge is -2.21. The van der Waals surface area contributed by atoms with Crippen LogP contribution in [0.15, 0.2) is 34.2 Å². The van der Waals surface area contributed by atoms with Crippen molar-refractivity contribution in [2.45, 2.75) is 57.6 Å². The van der Waals surface area contributed by atoms with Gasteiger partial charge in [0, 0.05) is 32.2 Å². The lowest BCUT2D eigenvalue weighted by atomic mass is 10.1. The van der Waals surface area contributed by atoms with Gasteiger partial charge in [-0.3, -0.25) is 9.79 Å². The predicted octanol–water partition coefficient (Wildman–Crippen LogP) is 1.30. The molecule has 0 aliphatic rings. The van der Waals surface area contributed by atoms with Gasteiger partial charge in [0.2, 0.25) is 15.9 Å². The lowest BCUT2D eigenvalue weighted by molar-refractivity contribution is -0.121. The number of sulfonamides is 1. The van der Waals surface area contributed by atoms with Crippen LogP contribution in [0.1, 0.15) is 40.2 Å². The summed E-state index contributed by atoms with van der Waals surface area (Å²) in [6.45, 7) is 9.96. The first-order chi connectivity index (χ1) is 12.9. The van der Waals surface area contributed by atoms with Crippen molar-refractivity contribution in [1.29, 1.82) is 0 Å². The number of nitrogens with zero attached hydrogens (tertiary/aromatic N) is 2. The summed E-state index contributed by atoms with van der Waals surface area (Å²) in [5.41, 5.74) is 0.606. The Morgan fingerprint density at radius 1 is 1.14 bits per heavy atom. The smallest absolute Gasteiger partial charge is 0.243 e. The fraction of sp³-hybridized carbons (Fsp3) is 0.579. The molecule has 0 bridgehead atoms. The highest BCUT2D eigenvalue weighted by Gasteiger charge is 2.22. The normalized spacial score (nSPS) is 13.0. The van der Waals surface area contributed by atoms with Crippen molar-refractivity contribution in [2.75, 3.05) is 20.6 Å². The van der Waals surface area contributed by atoms with Gasteiger partial charge in [-0.1, -0.05) is 12.1 Å². The fourth-order valence-corrected chi connectivity index (χ4v) is 3.62. The number of nitrogens with one attached hydrogen (secondary N) is 3. The van der Waals surface area contributed by atoms with E-state index in [0.29, 0.717) is 12.5 Å². The molecule has 158 valence electrons. The molecule has 3 N–H and O–H groups in total. The maximum Gasteiger partial charge on any atom is 0.243 e. The zero-order chi connectivity index (χ0) is 21.5. The number of carbonyl (C=O) groups is 1. The number of carbonyl (C=O) groups excluding carboxylic acids is 1. The molecule has 0 atom stereocenters. The summed E-state index contributed by atoms with van der Waals surface area (Å²) in [6, 6.07) is 6.59. The number of amides is 1. The predicted molar refractivity (Wildman–Crippen MR) is 113 cm³/mol. The summed E-state index contributed by atoms with van der Waals surface area (Å²) in [5, 5.41) is 8.92. The summed E-state index contributed by atoms with van der Waals surface area (Å²) in [6.07, 6.45) is 0.